The van der Waals surface area contributed by atoms with E-state index in [1.54, 1.807) is 0 Å². The molecule has 0 aromatic rings. The minimum Gasteiger partial charge on any atom is -0.0991 e. The van der Waals surface area contributed by atoms with Crippen molar-refractivity contribution in [3.05, 3.63) is 36.7 Å². The van der Waals surface area contributed by atoms with Gasteiger partial charge >= 0.3 is 0 Å². The molecular formula is C12H19P. The Hall–Kier alpha value is -0.350. The molecule has 1 rings (SSSR count). The van der Waals surface area contributed by atoms with Crippen LogP contribution >= 0.6 is 8.58 Å². The fourth-order valence-corrected chi connectivity index (χ4v) is 2.90. The van der Waals surface area contributed by atoms with Crippen LogP contribution in [0.25, 0.3) is 0 Å². The highest BCUT2D eigenvalue weighted by atomic mass is 31.1. The number of hydrogen-bond donors (Lipinski definition) is 0. The molecule has 1 aliphatic carbocycles. The lowest BCUT2D eigenvalue weighted by atomic mass is 10.0. The highest BCUT2D eigenvalue weighted by molar-refractivity contribution is 7.42. The summed E-state index contributed by atoms with van der Waals surface area (Å²) < 4.78 is 0. The molecule has 0 heterocycles. The molecule has 0 spiro atoms. The zero-order chi connectivity index (χ0) is 9.36. The number of rotatable bonds is 4. The second kappa shape index (κ2) is 7.09. The molecule has 1 fully saturated rings. The molecular weight excluding hydrogens is 175 g/mol. The van der Waals surface area contributed by atoms with Crippen LogP contribution in [0.5, 0.6) is 0 Å². The van der Waals surface area contributed by atoms with Gasteiger partial charge in [-0.05, 0) is 18.5 Å². The van der Waals surface area contributed by atoms with Crippen molar-refractivity contribution in [1.29, 1.82) is 0 Å². The maximum absolute atomic E-state index is 3.63. The van der Waals surface area contributed by atoms with E-state index in [0.29, 0.717) is 0 Å². The fourth-order valence-electron chi connectivity index (χ4n) is 1.66. The van der Waals surface area contributed by atoms with Crippen LogP contribution in [0.15, 0.2) is 36.7 Å². The van der Waals surface area contributed by atoms with Gasteiger partial charge in [0.1, 0.15) is 0 Å². The van der Waals surface area contributed by atoms with Crippen LogP contribution in [-0.2, 0) is 0 Å². The van der Waals surface area contributed by atoms with Crippen LogP contribution in [0.4, 0.5) is 0 Å². The zero-order valence-electron chi connectivity index (χ0n) is 8.21. The third kappa shape index (κ3) is 5.05. The molecule has 0 aromatic heterocycles. The van der Waals surface area contributed by atoms with E-state index in [9.17, 15) is 0 Å². The fraction of sp³-hybridized carbons (Fsp3) is 0.500. The Bertz CT molecular complexity index is 185. The average molecular weight is 194 g/mol. The second-order valence-corrected chi connectivity index (χ2v) is 4.96. The molecule has 0 N–H and O–H groups in total. The molecule has 1 atom stereocenters. The first-order valence-corrected chi connectivity index (χ1v) is 6.29. The van der Waals surface area contributed by atoms with Gasteiger partial charge in [0.2, 0.25) is 0 Å². The monoisotopic (exact) mass is 194 g/mol. The Kier molecular flexibility index (Phi) is 5.85. The van der Waals surface area contributed by atoms with Crippen molar-refractivity contribution in [2.45, 2.75) is 37.8 Å². The quantitative estimate of drug-likeness (QED) is 0.463. The van der Waals surface area contributed by atoms with Crippen LogP contribution in [-0.4, -0.2) is 5.66 Å². The van der Waals surface area contributed by atoms with Crippen LogP contribution < -0.4 is 0 Å². The van der Waals surface area contributed by atoms with Gasteiger partial charge < -0.3 is 0 Å². The first kappa shape index (κ1) is 10.7. The summed E-state index contributed by atoms with van der Waals surface area (Å²) in [5.41, 5.74) is 0.988. The number of hydrogen-bond acceptors (Lipinski definition) is 0. The molecule has 1 unspecified atom stereocenters. The topological polar surface area (TPSA) is 0 Å². The largest absolute Gasteiger partial charge is 0.0991 e. The maximum Gasteiger partial charge on any atom is -0.0202 e. The van der Waals surface area contributed by atoms with Gasteiger partial charge in [-0.3, -0.25) is 0 Å². The minimum atomic E-state index is 0.988. The molecule has 0 nitrogen and oxygen atoms in total. The molecule has 1 aliphatic rings. The molecule has 13 heavy (non-hydrogen) atoms. The van der Waals surface area contributed by atoms with E-state index in [1.807, 2.05) is 12.2 Å². The molecule has 0 aromatic carbocycles. The molecule has 0 aliphatic heterocycles. The minimum absolute atomic E-state index is 0.988. The number of allylic oxidation sites excluding steroid dienone is 4. The summed E-state index contributed by atoms with van der Waals surface area (Å²) in [4.78, 5) is 0. The van der Waals surface area contributed by atoms with Gasteiger partial charge in [0.05, 0.1) is 0 Å². The highest BCUT2D eigenvalue weighted by Crippen LogP contribution is 2.33. The van der Waals surface area contributed by atoms with E-state index in [1.165, 1.54) is 32.1 Å². The summed E-state index contributed by atoms with van der Waals surface area (Å²) in [7, 11) is 1.03. The maximum atomic E-state index is 3.63. The smallest absolute Gasteiger partial charge is 0.0202 e. The van der Waals surface area contributed by atoms with E-state index in [-0.39, 0.29) is 0 Å². The van der Waals surface area contributed by atoms with E-state index in [0.717, 1.165) is 14.2 Å². The van der Waals surface area contributed by atoms with Gasteiger partial charge in [0.15, 0.2) is 0 Å². The molecule has 72 valence electrons. The van der Waals surface area contributed by atoms with Crippen molar-refractivity contribution in [2.24, 2.45) is 0 Å². The summed E-state index contributed by atoms with van der Waals surface area (Å²) in [5, 5.41) is 0. The highest BCUT2D eigenvalue weighted by Gasteiger charge is 2.10. The van der Waals surface area contributed by atoms with Crippen molar-refractivity contribution in [2.75, 3.05) is 0 Å². The summed E-state index contributed by atoms with van der Waals surface area (Å²) in [6.07, 6.45) is 15.3. The zero-order valence-corrected chi connectivity index (χ0v) is 9.21. The molecule has 0 amide bonds. The SMILES string of the molecule is C=C/C=C\C=C\PC1CCCCC1. The van der Waals surface area contributed by atoms with Crippen LogP contribution in [0.1, 0.15) is 32.1 Å². The molecule has 0 radical (unpaired) electrons. The van der Waals surface area contributed by atoms with E-state index < -0.39 is 0 Å². The van der Waals surface area contributed by atoms with Crippen molar-refractivity contribution >= 4 is 8.58 Å². The predicted molar refractivity (Wildman–Crippen MR) is 63.7 cm³/mol. The second-order valence-electron chi connectivity index (χ2n) is 3.48. The molecule has 0 saturated heterocycles. The molecule has 1 saturated carbocycles. The summed E-state index contributed by atoms with van der Waals surface area (Å²) >= 11 is 0. The normalized spacial score (nSPS) is 20.9. The van der Waals surface area contributed by atoms with Gasteiger partial charge in [-0.1, -0.05) is 64.5 Å². The first-order valence-electron chi connectivity index (χ1n) is 5.14. The van der Waals surface area contributed by atoms with E-state index in [4.69, 9.17) is 0 Å². The van der Waals surface area contributed by atoms with Gasteiger partial charge in [-0.25, -0.2) is 0 Å². The first-order chi connectivity index (χ1) is 6.43. The Labute approximate surface area is 83.6 Å². The van der Waals surface area contributed by atoms with Gasteiger partial charge in [0.25, 0.3) is 0 Å². The Morgan fingerprint density at radius 3 is 2.46 bits per heavy atom. The average Bonchev–Trinajstić information content (AvgIpc) is 2.19. The predicted octanol–water partition coefficient (Wildman–Crippen LogP) is 4.25. The summed E-state index contributed by atoms with van der Waals surface area (Å²) in [6, 6.07) is 0. The lowest BCUT2D eigenvalue weighted by Crippen LogP contribution is -2.05. The van der Waals surface area contributed by atoms with E-state index in [2.05, 4.69) is 24.5 Å². The van der Waals surface area contributed by atoms with Crippen molar-refractivity contribution in [3.8, 4) is 0 Å². The molecule has 0 bridgehead atoms. The van der Waals surface area contributed by atoms with Gasteiger partial charge in [-0.2, -0.15) is 0 Å². The third-order valence-corrected chi connectivity index (χ3v) is 3.83. The molecule has 1 heteroatoms. The van der Waals surface area contributed by atoms with Crippen LogP contribution in [0, 0.1) is 0 Å². The van der Waals surface area contributed by atoms with Crippen LogP contribution in [0.2, 0.25) is 0 Å². The lowest BCUT2D eigenvalue weighted by molar-refractivity contribution is 0.514. The summed E-state index contributed by atoms with van der Waals surface area (Å²) in [5.74, 6) is 2.32. The Balaban J connectivity index is 2.13. The lowest BCUT2D eigenvalue weighted by Gasteiger charge is -2.19. The standard InChI is InChI=1S/C12H19P/c1-2-3-4-8-11-13-12-9-6-5-7-10-12/h2-4,8,11-13H,1,5-7,9-10H2/b4-3-,11-8+. The van der Waals surface area contributed by atoms with Crippen LogP contribution in [0.3, 0.4) is 0 Å². The van der Waals surface area contributed by atoms with Crippen molar-refractivity contribution < 1.29 is 0 Å². The summed E-state index contributed by atoms with van der Waals surface area (Å²) in [6.45, 7) is 3.63. The Morgan fingerprint density at radius 1 is 1.00 bits per heavy atom. The van der Waals surface area contributed by atoms with Gasteiger partial charge in [-0.15, -0.1) is 0 Å². The van der Waals surface area contributed by atoms with E-state index >= 15 is 0 Å². The van der Waals surface area contributed by atoms with Crippen molar-refractivity contribution in [1.82, 2.24) is 0 Å². The van der Waals surface area contributed by atoms with Gasteiger partial charge in [0, 0.05) is 0 Å². The van der Waals surface area contributed by atoms with Crippen molar-refractivity contribution in [3.63, 3.8) is 0 Å². The Morgan fingerprint density at radius 2 is 1.77 bits per heavy atom. The third-order valence-electron chi connectivity index (χ3n) is 2.39.